The van der Waals surface area contributed by atoms with Gasteiger partial charge in [0.15, 0.2) is 18.1 Å². The van der Waals surface area contributed by atoms with E-state index in [1.807, 2.05) is 33.8 Å². The molecule has 0 spiro atoms. The molecule has 2 aromatic rings. The largest absolute Gasteiger partial charge is 0.493 e. The van der Waals surface area contributed by atoms with Crippen molar-refractivity contribution in [1.29, 1.82) is 0 Å². The molecular formula is C21H25NO5. The first kappa shape index (κ1) is 20.3. The highest BCUT2D eigenvalue weighted by Crippen LogP contribution is 2.28. The third-order valence-electron chi connectivity index (χ3n) is 3.61. The van der Waals surface area contributed by atoms with Crippen LogP contribution in [0.25, 0.3) is 0 Å². The van der Waals surface area contributed by atoms with Gasteiger partial charge in [0.1, 0.15) is 5.75 Å². The van der Waals surface area contributed by atoms with Crippen LogP contribution >= 0.6 is 0 Å². The first-order valence-corrected chi connectivity index (χ1v) is 8.69. The van der Waals surface area contributed by atoms with Gasteiger partial charge in [-0.25, -0.2) is 4.79 Å². The van der Waals surface area contributed by atoms with Gasteiger partial charge in [-0.3, -0.25) is 4.79 Å². The summed E-state index contributed by atoms with van der Waals surface area (Å²) in [5.41, 5.74) is 2.35. The third kappa shape index (κ3) is 6.02. The van der Waals surface area contributed by atoms with Gasteiger partial charge < -0.3 is 19.5 Å². The summed E-state index contributed by atoms with van der Waals surface area (Å²) in [7, 11) is 1.47. The fraction of sp³-hybridized carbons (Fsp3) is 0.333. The van der Waals surface area contributed by atoms with Crippen LogP contribution in [0, 0.1) is 13.8 Å². The van der Waals surface area contributed by atoms with Gasteiger partial charge in [0, 0.05) is 6.04 Å². The molecule has 144 valence electrons. The zero-order valence-electron chi connectivity index (χ0n) is 16.3. The lowest BCUT2D eigenvalue weighted by Gasteiger charge is -2.13. The van der Waals surface area contributed by atoms with Crippen molar-refractivity contribution in [3.05, 3.63) is 53.1 Å². The van der Waals surface area contributed by atoms with Crippen molar-refractivity contribution >= 4 is 11.9 Å². The molecule has 0 saturated carbocycles. The summed E-state index contributed by atoms with van der Waals surface area (Å²) in [5.74, 6) is 0.483. The molecule has 0 aliphatic heterocycles. The highest BCUT2D eigenvalue weighted by Gasteiger charge is 2.15. The van der Waals surface area contributed by atoms with E-state index in [9.17, 15) is 9.59 Å². The highest BCUT2D eigenvalue weighted by molar-refractivity contribution is 5.92. The summed E-state index contributed by atoms with van der Waals surface area (Å²) < 4.78 is 16.2. The second kappa shape index (κ2) is 9.07. The van der Waals surface area contributed by atoms with Gasteiger partial charge in [-0.1, -0.05) is 6.07 Å². The summed E-state index contributed by atoms with van der Waals surface area (Å²) in [6.07, 6.45) is 0. The zero-order chi connectivity index (χ0) is 20.0. The topological polar surface area (TPSA) is 73.9 Å². The van der Waals surface area contributed by atoms with Crippen LogP contribution in [-0.4, -0.2) is 31.6 Å². The number of carbonyl (C=O) groups is 2. The molecule has 1 amide bonds. The number of hydrogen-bond donors (Lipinski definition) is 1. The maximum absolute atomic E-state index is 12.4. The number of carbonyl (C=O) groups excluding carboxylic acids is 2. The van der Waals surface area contributed by atoms with E-state index in [0.717, 1.165) is 11.1 Å². The van der Waals surface area contributed by atoms with E-state index in [2.05, 4.69) is 5.32 Å². The quantitative estimate of drug-likeness (QED) is 0.596. The third-order valence-corrected chi connectivity index (χ3v) is 3.61. The van der Waals surface area contributed by atoms with E-state index in [4.69, 9.17) is 14.2 Å². The van der Waals surface area contributed by atoms with E-state index in [-0.39, 0.29) is 18.6 Å². The number of amides is 1. The van der Waals surface area contributed by atoms with Crippen molar-refractivity contribution in [3.8, 4) is 17.2 Å². The lowest BCUT2D eigenvalue weighted by molar-refractivity contribution is -0.123. The number of rotatable bonds is 7. The van der Waals surface area contributed by atoms with E-state index in [0.29, 0.717) is 22.8 Å². The summed E-state index contributed by atoms with van der Waals surface area (Å²) in [6.45, 7) is 7.48. The minimum Gasteiger partial charge on any atom is -0.493 e. The Bertz CT molecular complexity index is 809. The Morgan fingerprint density at radius 3 is 2.26 bits per heavy atom. The van der Waals surface area contributed by atoms with Crippen molar-refractivity contribution in [1.82, 2.24) is 5.32 Å². The molecule has 0 aliphatic rings. The predicted molar refractivity (Wildman–Crippen MR) is 103 cm³/mol. The molecule has 0 saturated heterocycles. The molecule has 0 unspecified atom stereocenters. The summed E-state index contributed by atoms with van der Waals surface area (Å²) in [6, 6.07) is 10.3. The van der Waals surface area contributed by atoms with E-state index in [1.54, 1.807) is 24.3 Å². The maximum Gasteiger partial charge on any atom is 0.343 e. The van der Waals surface area contributed by atoms with Crippen LogP contribution in [0.15, 0.2) is 36.4 Å². The van der Waals surface area contributed by atoms with Crippen molar-refractivity contribution in [2.75, 3.05) is 13.7 Å². The summed E-state index contributed by atoms with van der Waals surface area (Å²) >= 11 is 0. The average Bonchev–Trinajstić information content (AvgIpc) is 2.58. The van der Waals surface area contributed by atoms with Gasteiger partial charge in [0.05, 0.1) is 12.7 Å². The minimum absolute atomic E-state index is 0.0328. The lowest BCUT2D eigenvalue weighted by atomic mass is 10.1. The molecule has 6 heteroatoms. The van der Waals surface area contributed by atoms with Gasteiger partial charge in [-0.2, -0.15) is 0 Å². The summed E-state index contributed by atoms with van der Waals surface area (Å²) in [4.78, 5) is 24.1. The molecule has 0 radical (unpaired) electrons. The van der Waals surface area contributed by atoms with Gasteiger partial charge in [0.2, 0.25) is 0 Å². The second-order valence-electron chi connectivity index (χ2n) is 6.59. The Balaban J connectivity index is 2.09. The maximum atomic E-state index is 12.4. The minimum atomic E-state index is -0.498. The molecule has 0 bridgehead atoms. The Morgan fingerprint density at radius 1 is 1.00 bits per heavy atom. The Kier molecular flexibility index (Phi) is 6.82. The zero-order valence-corrected chi connectivity index (χ0v) is 16.3. The normalized spacial score (nSPS) is 10.4. The van der Waals surface area contributed by atoms with Gasteiger partial charge in [0.25, 0.3) is 5.91 Å². The first-order chi connectivity index (χ1) is 12.8. The fourth-order valence-corrected chi connectivity index (χ4v) is 2.58. The number of ether oxygens (including phenoxy) is 3. The number of methoxy groups -OCH3 is 1. The van der Waals surface area contributed by atoms with E-state index >= 15 is 0 Å². The SMILES string of the molecule is COc1cc(C(=O)Oc2cc(C)cc(C)c2)ccc1OCC(=O)NC(C)C. The number of benzene rings is 2. The van der Waals surface area contributed by atoms with Crippen molar-refractivity contribution in [3.63, 3.8) is 0 Å². The van der Waals surface area contributed by atoms with Gasteiger partial charge in [-0.15, -0.1) is 0 Å². The molecular weight excluding hydrogens is 346 g/mol. The predicted octanol–water partition coefficient (Wildman–Crippen LogP) is 3.43. The number of nitrogens with one attached hydrogen (secondary N) is 1. The molecule has 2 aromatic carbocycles. The van der Waals surface area contributed by atoms with Crippen LogP contribution in [0.5, 0.6) is 17.2 Å². The molecule has 6 nitrogen and oxygen atoms in total. The van der Waals surface area contributed by atoms with Crippen molar-refractivity contribution < 1.29 is 23.8 Å². The molecule has 1 N–H and O–H groups in total. The van der Waals surface area contributed by atoms with E-state index in [1.165, 1.54) is 13.2 Å². The fourth-order valence-electron chi connectivity index (χ4n) is 2.58. The van der Waals surface area contributed by atoms with Gasteiger partial charge >= 0.3 is 5.97 Å². The van der Waals surface area contributed by atoms with Crippen LogP contribution in [0.2, 0.25) is 0 Å². The summed E-state index contributed by atoms with van der Waals surface area (Å²) in [5, 5.41) is 2.74. The van der Waals surface area contributed by atoms with Crippen LogP contribution < -0.4 is 19.5 Å². The van der Waals surface area contributed by atoms with Crippen molar-refractivity contribution in [2.45, 2.75) is 33.7 Å². The molecule has 0 aromatic heterocycles. The van der Waals surface area contributed by atoms with E-state index < -0.39 is 5.97 Å². The molecule has 0 heterocycles. The molecule has 0 aliphatic carbocycles. The van der Waals surface area contributed by atoms with Crippen LogP contribution in [-0.2, 0) is 4.79 Å². The smallest absolute Gasteiger partial charge is 0.343 e. The average molecular weight is 371 g/mol. The van der Waals surface area contributed by atoms with Crippen LogP contribution in [0.3, 0.4) is 0 Å². The number of hydrogen-bond acceptors (Lipinski definition) is 5. The van der Waals surface area contributed by atoms with Crippen LogP contribution in [0.1, 0.15) is 35.3 Å². The molecule has 0 fully saturated rings. The highest BCUT2D eigenvalue weighted by atomic mass is 16.5. The van der Waals surface area contributed by atoms with Gasteiger partial charge in [-0.05, 0) is 69.2 Å². The lowest BCUT2D eigenvalue weighted by Crippen LogP contribution is -2.34. The molecule has 2 rings (SSSR count). The standard InChI is InChI=1S/C21H25NO5/c1-13(2)22-20(23)12-26-18-7-6-16(11-19(18)25-5)21(24)27-17-9-14(3)8-15(4)10-17/h6-11,13H,12H2,1-5H3,(H,22,23). The first-order valence-electron chi connectivity index (χ1n) is 8.69. The second-order valence-corrected chi connectivity index (χ2v) is 6.59. The number of esters is 1. The molecule has 0 atom stereocenters. The van der Waals surface area contributed by atoms with Crippen molar-refractivity contribution in [2.24, 2.45) is 0 Å². The van der Waals surface area contributed by atoms with Crippen LogP contribution in [0.4, 0.5) is 0 Å². The monoisotopic (exact) mass is 371 g/mol. The Labute approximate surface area is 159 Å². The Morgan fingerprint density at radius 2 is 1.67 bits per heavy atom. The molecule has 27 heavy (non-hydrogen) atoms. The Hall–Kier alpha value is -3.02. The number of aryl methyl sites for hydroxylation is 2.